The summed E-state index contributed by atoms with van der Waals surface area (Å²) in [7, 11) is 1.53. The number of furan rings is 1. The maximum atomic E-state index is 12.9. The van der Waals surface area contributed by atoms with E-state index < -0.39 is 5.97 Å². The molecule has 2 aromatic carbocycles. The van der Waals surface area contributed by atoms with Crippen molar-refractivity contribution in [1.29, 1.82) is 0 Å². The van der Waals surface area contributed by atoms with Crippen molar-refractivity contribution in [3.8, 4) is 5.75 Å². The zero-order valence-corrected chi connectivity index (χ0v) is 14.3. The fraction of sp³-hybridized carbons (Fsp3) is 0.200. The predicted molar refractivity (Wildman–Crippen MR) is 93.3 cm³/mol. The molecular weight excluding hydrogens is 320 g/mol. The van der Waals surface area contributed by atoms with Crippen LogP contribution in [-0.4, -0.2) is 25.5 Å². The number of rotatable bonds is 5. The molecule has 0 atom stereocenters. The number of ketones is 1. The van der Waals surface area contributed by atoms with Gasteiger partial charge in [0.25, 0.3) is 0 Å². The number of carbonyl (C=O) groups is 2. The average molecular weight is 338 g/mol. The Labute approximate surface area is 145 Å². The summed E-state index contributed by atoms with van der Waals surface area (Å²) in [5.74, 6) is -0.117. The molecule has 3 aromatic rings. The number of hydrogen-bond acceptors (Lipinski definition) is 5. The van der Waals surface area contributed by atoms with Gasteiger partial charge >= 0.3 is 5.97 Å². The first-order valence-electron chi connectivity index (χ1n) is 7.95. The van der Waals surface area contributed by atoms with Crippen LogP contribution >= 0.6 is 0 Å². The SMILES string of the molecule is CCOC(=O)c1oc2c(C(=O)c3ccccc3)ccc(OC)c2c1C. The highest BCUT2D eigenvalue weighted by molar-refractivity contribution is 6.17. The summed E-state index contributed by atoms with van der Waals surface area (Å²) in [6.07, 6.45) is 0. The van der Waals surface area contributed by atoms with Crippen molar-refractivity contribution in [3.05, 3.63) is 64.9 Å². The molecule has 3 rings (SSSR count). The Balaban J connectivity index is 2.23. The van der Waals surface area contributed by atoms with E-state index in [4.69, 9.17) is 13.9 Å². The minimum absolute atomic E-state index is 0.0865. The number of esters is 1. The summed E-state index contributed by atoms with van der Waals surface area (Å²) >= 11 is 0. The van der Waals surface area contributed by atoms with E-state index in [0.29, 0.717) is 33.4 Å². The van der Waals surface area contributed by atoms with E-state index in [2.05, 4.69) is 0 Å². The fourth-order valence-electron chi connectivity index (χ4n) is 2.80. The van der Waals surface area contributed by atoms with Crippen molar-refractivity contribution in [2.75, 3.05) is 13.7 Å². The molecule has 5 heteroatoms. The van der Waals surface area contributed by atoms with E-state index in [1.54, 1.807) is 50.2 Å². The van der Waals surface area contributed by atoms with Gasteiger partial charge in [-0.3, -0.25) is 4.79 Å². The van der Waals surface area contributed by atoms with E-state index >= 15 is 0 Å². The molecule has 0 spiro atoms. The molecule has 25 heavy (non-hydrogen) atoms. The van der Waals surface area contributed by atoms with Crippen molar-refractivity contribution < 1.29 is 23.5 Å². The first-order chi connectivity index (χ1) is 12.1. The van der Waals surface area contributed by atoms with Gasteiger partial charge in [0.2, 0.25) is 5.76 Å². The molecule has 0 aliphatic rings. The highest BCUT2D eigenvalue weighted by Gasteiger charge is 2.25. The van der Waals surface area contributed by atoms with Gasteiger partial charge in [-0.15, -0.1) is 0 Å². The summed E-state index contributed by atoms with van der Waals surface area (Å²) < 4.78 is 16.2. The molecule has 0 fully saturated rings. The second-order valence-electron chi connectivity index (χ2n) is 5.49. The first kappa shape index (κ1) is 16.8. The number of ether oxygens (including phenoxy) is 2. The molecule has 5 nitrogen and oxygen atoms in total. The molecule has 0 saturated carbocycles. The number of aryl methyl sites for hydroxylation is 1. The third kappa shape index (κ3) is 2.89. The summed E-state index contributed by atoms with van der Waals surface area (Å²) in [5.41, 5.74) is 1.84. The van der Waals surface area contributed by atoms with Crippen molar-refractivity contribution in [2.45, 2.75) is 13.8 Å². The van der Waals surface area contributed by atoms with Crippen molar-refractivity contribution in [2.24, 2.45) is 0 Å². The van der Waals surface area contributed by atoms with E-state index in [0.717, 1.165) is 0 Å². The van der Waals surface area contributed by atoms with Crippen molar-refractivity contribution >= 4 is 22.7 Å². The minimum atomic E-state index is -0.559. The number of methoxy groups -OCH3 is 1. The third-order valence-electron chi connectivity index (χ3n) is 4.00. The van der Waals surface area contributed by atoms with Gasteiger partial charge in [-0.05, 0) is 26.0 Å². The van der Waals surface area contributed by atoms with E-state index in [9.17, 15) is 9.59 Å². The summed E-state index contributed by atoms with van der Waals surface area (Å²) in [6.45, 7) is 3.71. The van der Waals surface area contributed by atoms with Gasteiger partial charge in [0.1, 0.15) is 11.3 Å². The van der Waals surface area contributed by atoms with Crippen LogP contribution in [0.4, 0.5) is 0 Å². The highest BCUT2D eigenvalue weighted by atomic mass is 16.5. The molecule has 0 N–H and O–H groups in total. The lowest BCUT2D eigenvalue weighted by molar-refractivity contribution is 0.0491. The number of hydrogen-bond donors (Lipinski definition) is 0. The maximum absolute atomic E-state index is 12.9. The molecule has 0 amide bonds. The summed E-state index contributed by atoms with van der Waals surface area (Å²) in [4.78, 5) is 25.0. The van der Waals surface area contributed by atoms with Gasteiger partial charge in [-0.1, -0.05) is 30.3 Å². The molecule has 0 unspecified atom stereocenters. The lowest BCUT2D eigenvalue weighted by atomic mass is 10.00. The smallest absolute Gasteiger partial charge is 0.374 e. The van der Waals surface area contributed by atoms with Crippen LogP contribution in [0.3, 0.4) is 0 Å². The third-order valence-corrected chi connectivity index (χ3v) is 4.00. The summed E-state index contributed by atoms with van der Waals surface area (Å²) in [6, 6.07) is 12.3. The lowest BCUT2D eigenvalue weighted by Crippen LogP contribution is -2.04. The predicted octanol–water partition coefficient (Wildman–Crippen LogP) is 4.16. The number of carbonyl (C=O) groups excluding carboxylic acids is 2. The quantitative estimate of drug-likeness (QED) is 0.516. The second kappa shape index (κ2) is 6.81. The Bertz CT molecular complexity index is 938. The lowest BCUT2D eigenvalue weighted by Gasteiger charge is -2.06. The van der Waals surface area contributed by atoms with E-state index in [-0.39, 0.29) is 18.2 Å². The first-order valence-corrected chi connectivity index (χ1v) is 7.95. The van der Waals surface area contributed by atoms with Gasteiger partial charge < -0.3 is 13.9 Å². The van der Waals surface area contributed by atoms with Crippen LogP contribution in [-0.2, 0) is 4.74 Å². The molecule has 0 aliphatic heterocycles. The zero-order chi connectivity index (χ0) is 18.0. The molecule has 1 aromatic heterocycles. The van der Waals surface area contributed by atoms with Gasteiger partial charge in [0.05, 0.1) is 24.7 Å². The monoisotopic (exact) mass is 338 g/mol. The Kier molecular flexibility index (Phi) is 4.57. The van der Waals surface area contributed by atoms with Crippen LogP contribution in [0.25, 0.3) is 11.0 Å². The van der Waals surface area contributed by atoms with Gasteiger partial charge in [-0.25, -0.2) is 4.79 Å². The largest absolute Gasteiger partial charge is 0.496 e. The maximum Gasteiger partial charge on any atom is 0.374 e. The molecule has 128 valence electrons. The number of fused-ring (bicyclic) bond motifs is 1. The highest BCUT2D eigenvalue weighted by Crippen LogP contribution is 2.36. The Morgan fingerprint density at radius 3 is 2.44 bits per heavy atom. The van der Waals surface area contributed by atoms with Crippen LogP contribution < -0.4 is 4.74 Å². The average Bonchev–Trinajstić information content (AvgIpc) is 2.99. The van der Waals surface area contributed by atoms with Crippen LogP contribution in [0, 0.1) is 6.92 Å². The van der Waals surface area contributed by atoms with Crippen LogP contribution in [0.1, 0.15) is 39.0 Å². The number of benzene rings is 2. The Morgan fingerprint density at radius 1 is 1.08 bits per heavy atom. The van der Waals surface area contributed by atoms with Gasteiger partial charge in [-0.2, -0.15) is 0 Å². The fourth-order valence-corrected chi connectivity index (χ4v) is 2.80. The van der Waals surface area contributed by atoms with Crippen molar-refractivity contribution in [1.82, 2.24) is 0 Å². The second-order valence-corrected chi connectivity index (χ2v) is 5.49. The standard InChI is InChI=1S/C20H18O5/c1-4-24-20(22)18-12(2)16-15(23-3)11-10-14(19(16)25-18)17(21)13-8-6-5-7-9-13/h5-11H,4H2,1-3H3. The van der Waals surface area contributed by atoms with Crippen LogP contribution in [0.5, 0.6) is 5.75 Å². The van der Waals surface area contributed by atoms with E-state index in [1.165, 1.54) is 7.11 Å². The van der Waals surface area contributed by atoms with Crippen LogP contribution in [0.15, 0.2) is 46.9 Å². The van der Waals surface area contributed by atoms with E-state index in [1.807, 2.05) is 6.07 Å². The molecule has 1 heterocycles. The van der Waals surface area contributed by atoms with Crippen LogP contribution in [0.2, 0.25) is 0 Å². The normalized spacial score (nSPS) is 10.7. The Hall–Kier alpha value is -3.08. The molecule has 0 aliphatic carbocycles. The Morgan fingerprint density at radius 2 is 1.80 bits per heavy atom. The topological polar surface area (TPSA) is 65.7 Å². The van der Waals surface area contributed by atoms with Gasteiger partial charge in [0, 0.05) is 11.1 Å². The zero-order valence-electron chi connectivity index (χ0n) is 14.3. The van der Waals surface area contributed by atoms with Crippen molar-refractivity contribution in [3.63, 3.8) is 0 Å². The molecular formula is C20H18O5. The molecule has 0 bridgehead atoms. The molecule has 0 radical (unpaired) electrons. The minimum Gasteiger partial charge on any atom is -0.496 e. The summed E-state index contributed by atoms with van der Waals surface area (Å²) in [5, 5.41) is 0.604. The molecule has 0 saturated heterocycles. The van der Waals surface area contributed by atoms with Gasteiger partial charge in [0.15, 0.2) is 5.78 Å².